The number of epoxide rings is 2. The van der Waals surface area contributed by atoms with Crippen LogP contribution in [0.4, 0.5) is 0 Å². The molecule has 49 heavy (non-hydrogen) atoms. The fourth-order valence-electron chi connectivity index (χ4n) is 9.43. The highest BCUT2D eigenvalue weighted by molar-refractivity contribution is 5.81. The van der Waals surface area contributed by atoms with Gasteiger partial charge in [-0.2, -0.15) is 0 Å². The SMILES string of the molecule is C/C1=C/CC[C@](C)(O)[C@@H]2C[C@@H](CC[C@]3(C)O[C@H]3CC1)[C@@H](CC[C@@]1(O)C(=O)O[C@H]3C[C@H]1CC[C@]1(C)O[C@H]1CC/C(C)=C\CC[C@@]3(C)O)C(=O)O2. The van der Waals surface area contributed by atoms with E-state index in [2.05, 4.69) is 39.8 Å². The molecule has 0 amide bonds. The number of allylic oxidation sites excluding steroid dienone is 4. The molecule has 4 saturated heterocycles. The van der Waals surface area contributed by atoms with Crippen molar-refractivity contribution in [2.24, 2.45) is 17.8 Å². The smallest absolute Gasteiger partial charge is 0.338 e. The number of esters is 2. The van der Waals surface area contributed by atoms with Gasteiger partial charge in [0, 0.05) is 5.92 Å². The van der Waals surface area contributed by atoms with E-state index in [-0.39, 0.29) is 48.1 Å². The summed E-state index contributed by atoms with van der Waals surface area (Å²) in [5.74, 6) is -2.16. The number of aliphatic hydroxyl groups is 3. The van der Waals surface area contributed by atoms with Crippen molar-refractivity contribution >= 4 is 11.9 Å². The zero-order valence-corrected chi connectivity index (χ0v) is 30.8. The zero-order valence-electron chi connectivity index (χ0n) is 30.8. The predicted molar refractivity (Wildman–Crippen MR) is 184 cm³/mol. The Morgan fingerprint density at radius 3 is 1.80 bits per heavy atom. The Morgan fingerprint density at radius 1 is 0.694 bits per heavy atom. The molecule has 0 aromatic heterocycles. The highest BCUT2D eigenvalue weighted by atomic mass is 16.6. The van der Waals surface area contributed by atoms with Gasteiger partial charge in [-0.1, -0.05) is 23.3 Å². The predicted octanol–water partition coefficient (Wildman–Crippen LogP) is 6.40. The van der Waals surface area contributed by atoms with Crippen molar-refractivity contribution in [2.75, 3.05) is 0 Å². The summed E-state index contributed by atoms with van der Waals surface area (Å²) in [7, 11) is 0. The van der Waals surface area contributed by atoms with Gasteiger partial charge in [0.25, 0.3) is 0 Å². The second kappa shape index (κ2) is 13.6. The Morgan fingerprint density at radius 2 is 1.22 bits per heavy atom. The molecule has 6 rings (SSSR count). The van der Waals surface area contributed by atoms with E-state index in [4.69, 9.17) is 18.9 Å². The van der Waals surface area contributed by atoms with Crippen molar-refractivity contribution in [3.05, 3.63) is 23.3 Å². The van der Waals surface area contributed by atoms with Gasteiger partial charge in [0.05, 0.1) is 40.5 Å². The third-order valence-electron chi connectivity index (χ3n) is 13.6. The van der Waals surface area contributed by atoms with Crippen LogP contribution >= 0.6 is 0 Å². The Labute approximate surface area is 293 Å². The first kappa shape index (κ1) is 37.0. The Kier molecular flexibility index (Phi) is 10.3. The van der Waals surface area contributed by atoms with Crippen molar-refractivity contribution in [3.8, 4) is 0 Å². The summed E-state index contributed by atoms with van der Waals surface area (Å²) >= 11 is 0. The van der Waals surface area contributed by atoms with Crippen LogP contribution in [0.1, 0.15) is 144 Å². The molecule has 3 N–H and O–H groups in total. The average Bonchev–Trinajstić information content (AvgIpc) is 3.90. The largest absolute Gasteiger partial charge is 0.459 e. The van der Waals surface area contributed by atoms with E-state index in [1.54, 1.807) is 13.8 Å². The Bertz CT molecular complexity index is 1320. The van der Waals surface area contributed by atoms with Gasteiger partial charge in [-0.25, -0.2) is 4.79 Å². The second-order valence-electron chi connectivity index (χ2n) is 17.7. The first-order chi connectivity index (χ1) is 22.9. The summed E-state index contributed by atoms with van der Waals surface area (Å²) in [6, 6.07) is 0. The first-order valence-electron chi connectivity index (χ1n) is 19.2. The minimum absolute atomic E-state index is 0.0616. The minimum atomic E-state index is -1.80. The second-order valence-corrected chi connectivity index (χ2v) is 17.7. The maximum absolute atomic E-state index is 13.9. The van der Waals surface area contributed by atoms with E-state index in [0.29, 0.717) is 51.4 Å². The molecule has 0 radical (unpaired) electrons. The molecule has 4 heterocycles. The summed E-state index contributed by atoms with van der Waals surface area (Å²) in [5.41, 5.74) is -2.18. The number of hydrogen-bond donors (Lipinski definition) is 3. The fraction of sp³-hybridized carbons (Fsp3) is 0.850. The van der Waals surface area contributed by atoms with Gasteiger partial charge in [-0.15, -0.1) is 0 Å². The van der Waals surface area contributed by atoms with Gasteiger partial charge in [0.2, 0.25) is 0 Å². The van der Waals surface area contributed by atoms with Crippen LogP contribution in [-0.4, -0.2) is 79.7 Å². The van der Waals surface area contributed by atoms with E-state index in [9.17, 15) is 24.9 Å². The monoisotopic (exact) mass is 686 g/mol. The number of fused-ring (bicyclic) bond motifs is 6. The molecule has 0 unspecified atom stereocenters. The Balaban J connectivity index is 1.20. The van der Waals surface area contributed by atoms with Crippen LogP contribution in [0.25, 0.3) is 0 Å². The lowest BCUT2D eigenvalue weighted by molar-refractivity contribution is -0.215. The molecule has 9 heteroatoms. The van der Waals surface area contributed by atoms with Crippen LogP contribution in [0.15, 0.2) is 23.3 Å². The number of carbonyl (C=O) groups excluding carboxylic acids is 2. The van der Waals surface area contributed by atoms with E-state index in [0.717, 1.165) is 38.5 Å². The summed E-state index contributed by atoms with van der Waals surface area (Å²) in [6.45, 7) is 12.0. The maximum atomic E-state index is 13.9. The molecular formula is C40H62O9. The average molecular weight is 687 g/mol. The van der Waals surface area contributed by atoms with Gasteiger partial charge in [0.15, 0.2) is 5.60 Å². The molecule has 0 spiro atoms. The normalized spacial score (nSPS) is 50.3. The molecule has 9 nitrogen and oxygen atoms in total. The lowest BCUT2D eigenvalue weighted by Crippen LogP contribution is -2.58. The summed E-state index contributed by atoms with van der Waals surface area (Å²) in [6.07, 6.45) is 13.4. The van der Waals surface area contributed by atoms with Gasteiger partial charge < -0.3 is 34.3 Å². The maximum Gasteiger partial charge on any atom is 0.338 e. The quantitative estimate of drug-likeness (QED) is 0.175. The standard InChI is InChI=1S/C40H62O9/c1-25-9-7-18-36(3,43)32-23-27(15-20-38(5)30(48-38)13-11-25)29(34(41)46-32)17-22-40(45)28-16-21-39(6)31(49-39)14-12-26(2)10-8-19-37(4,44)33(24-28)47-35(40)42/h9-10,27-33,43-45H,7-8,11-24H2,1-6H3/b25-9-,26-10-/t27-,28-,29-,30+,31+,32+,33+,36+,37-,38+,39+,40+/m1/s1. The summed E-state index contributed by atoms with van der Waals surface area (Å²) < 4.78 is 24.3. The van der Waals surface area contributed by atoms with Crippen LogP contribution in [0, 0.1) is 17.8 Å². The number of hydrogen-bond acceptors (Lipinski definition) is 9. The van der Waals surface area contributed by atoms with Crippen molar-refractivity contribution < 1.29 is 43.9 Å². The lowest BCUT2D eigenvalue weighted by Gasteiger charge is -2.46. The van der Waals surface area contributed by atoms with E-state index >= 15 is 0 Å². The van der Waals surface area contributed by atoms with Crippen LogP contribution in [0.5, 0.6) is 0 Å². The number of carbonyl (C=O) groups is 2. The van der Waals surface area contributed by atoms with E-state index in [1.807, 2.05) is 0 Å². The lowest BCUT2D eigenvalue weighted by atomic mass is 9.69. The van der Waals surface area contributed by atoms with Crippen LogP contribution < -0.4 is 0 Å². The van der Waals surface area contributed by atoms with Crippen LogP contribution in [0.2, 0.25) is 0 Å². The molecule has 2 aliphatic carbocycles. The van der Waals surface area contributed by atoms with Crippen LogP contribution in [-0.2, 0) is 28.5 Å². The van der Waals surface area contributed by atoms with Gasteiger partial charge in [0.1, 0.15) is 12.2 Å². The van der Waals surface area contributed by atoms with Crippen LogP contribution in [0.3, 0.4) is 0 Å². The third kappa shape index (κ3) is 8.01. The minimum Gasteiger partial charge on any atom is -0.459 e. The molecule has 0 aromatic rings. The molecular weight excluding hydrogens is 624 g/mol. The number of ether oxygens (including phenoxy) is 4. The van der Waals surface area contributed by atoms with Crippen molar-refractivity contribution in [1.29, 1.82) is 0 Å². The zero-order chi connectivity index (χ0) is 35.4. The van der Waals surface area contributed by atoms with Crippen molar-refractivity contribution in [1.82, 2.24) is 0 Å². The highest BCUT2D eigenvalue weighted by Crippen LogP contribution is 2.50. The molecule has 4 fully saturated rings. The summed E-state index contributed by atoms with van der Waals surface area (Å²) in [5, 5.41) is 35.3. The molecule has 0 saturated carbocycles. The van der Waals surface area contributed by atoms with E-state index < -0.39 is 46.8 Å². The first-order valence-corrected chi connectivity index (χ1v) is 19.2. The summed E-state index contributed by atoms with van der Waals surface area (Å²) in [4.78, 5) is 27.7. The van der Waals surface area contributed by atoms with Gasteiger partial charge in [-0.05, 0) is 150 Å². The molecule has 6 aliphatic rings. The molecule has 4 aliphatic heterocycles. The van der Waals surface area contributed by atoms with Gasteiger partial charge in [-0.3, -0.25) is 4.79 Å². The van der Waals surface area contributed by atoms with Gasteiger partial charge >= 0.3 is 11.9 Å². The fourth-order valence-corrected chi connectivity index (χ4v) is 9.43. The molecule has 276 valence electrons. The molecule has 12 atom stereocenters. The third-order valence-corrected chi connectivity index (χ3v) is 13.6. The van der Waals surface area contributed by atoms with Crippen molar-refractivity contribution in [2.45, 2.75) is 197 Å². The Hall–Kier alpha value is -1.78. The molecule has 4 bridgehead atoms. The highest BCUT2D eigenvalue weighted by Gasteiger charge is 2.58. The topological polar surface area (TPSA) is 138 Å². The molecule has 0 aromatic carbocycles. The number of rotatable bonds is 3. The van der Waals surface area contributed by atoms with Crippen molar-refractivity contribution in [3.63, 3.8) is 0 Å². The van der Waals surface area contributed by atoms with E-state index in [1.165, 1.54) is 11.1 Å².